The van der Waals surface area contributed by atoms with Crippen LogP contribution in [-0.2, 0) is 0 Å². The lowest BCUT2D eigenvalue weighted by Gasteiger charge is -2.07. The minimum atomic E-state index is -0.259. The van der Waals surface area contributed by atoms with Crippen LogP contribution >= 0.6 is 0 Å². The first-order chi connectivity index (χ1) is 9.74. The van der Waals surface area contributed by atoms with Gasteiger partial charge in [0.1, 0.15) is 11.5 Å². The summed E-state index contributed by atoms with van der Waals surface area (Å²) in [6.45, 7) is 1.93. The molecule has 0 aliphatic heterocycles. The average Bonchev–Trinajstić information content (AvgIpc) is 2.50. The highest BCUT2D eigenvalue weighted by Crippen LogP contribution is 2.23. The maximum Gasteiger partial charge on any atom is 0.178 e. The van der Waals surface area contributed by atoms with Crippen LogP contribution in [0.4, 0.5) is 4.39 Å². The molecule has 3 nitrogen and oxygen atoms in total. The molecule has 0 spiro atoms. The maximum atomic E-state index is 13.0. The number of aryl methyl sites for hydroxylation is 1. The molecule has 0 amide bonds. The van der Waals surface area contributed by atoms with Crippen molar-refractivity contribution in [3.63, 3.8) is 0 Å². The molecule has 0 atom stereocenters. The van der Waals surface area contributed by atoms with Crippen molar-refractivity contribution in [3.05, 3.63) is 66.2 Å². The number of benzene rings is 1. The molecule has 0 fully saturated rings. The van der Waals surface area contributed by atoms with Gasteiger partial charge in [0.25, 0.3) is 0 Å². The Bertz CT molecular complexity index is 724. The minimum absolute atomic E-state index is 0.259. The summed E-state index contributed by atoms with van der Waals surface area (Å²) >= 11 is 0. The van der Waals surface area contributed by atoms with Gasteiger partial charge in [-0.1, -0.05) is 6.07 Å². The van der Waals surface area contributed by atoms with Crippen LogP contribution < -0.4 is 0 Å². The number of hydrogen-bond donors (Lipinski definition) is 0. The molecule has 1 aromatic carbocycles. The summed E-state index contributed by atoms with van der Waals surface area (Å²) in [6.07, 6.45) is 3.46. The van der Waals surface area contributed by atoms with E-state index in [0.29, 0.717) is 5.82 Å². The number of hydrogen-bond acceptors (Lipinski definition) is 3. The zero-order chi connectivity index (χ0) is 13.9. The lowest BCUT2D eigenvalue weighted by Crippen LogP contribution is -1.96. The summed E-state index contributed by atoms with van der Waals surface area (Å²) in [5.74, 6) is 0.306. The highest BCUT2D eigenvalue weighted by Gasteiger charge is 2.08. The van der Waals surface area contributed by atoms with Crippen molar-refractivity contribution in [2.45, 2.75) is 6.92 Å². The molecular formula is C16H12FN3. The van der Waals surface area contributed by atoms with Gasteiger partial charge in [0.2, 0.25) is 0 Å². The Morgan fingerprint density at radius 1 is 0.950 bits per heavy atom. The van der Waals surface area contributed by atoms with Gasteiger partial charge in [-0.2, -0.15) is 0 Å². The van der Waals surface area contributed by atoms with Crippen molar-refractivity contribution in [1.82, 2.24) is 15.0 Å². The molecule has 0 aliphatic carbocycles. The third kappa shape index (κ3) is 2.40. The summed E-state index contributed by atoms with van der Waals surface area (Å²) in [5, 5.41) is 0. The van der Waals surface area contributed by atoms with E-state index in [1.807, 2.05) is 25.1 Å². The number of halogens is 1. The van der Waals surface area contributed by atoms with Crippen LogP contribution in [0.15, 0.2) is 54.9 Å². The van der Waals surface area contributed by atoms with Crippen LogP contribution in [0, 0.1) is 12.7 Å². The van der Waals surface area contributed by atoms with Gasteiger partial charge in [0.15, 0.2) is 5.82 Å². The molecule has 0 N–H and O–H groups in total. The van der Waals surface area contributed by atoms with Gasteiger partial charge in [-0.05, 0) is 48.9 Å². The van der Waals surface area contributed by atoms with Gasteiger partial charge in [0.05, 0.1) is 5.69 Å². The lowest BCUT2D eigenvalue weighted by molar-refractivity contribution is 0.628. The van der Waals surface area contributed by atoms with Crippen LogP contribution in [0.1, 0.15) is 5.56 Å². The number of rotatable bonds is 2. The minimum Gasteiger partial charge on any atom is -0.253 e. The average molecular weight is 265 g/mol. The third-order valence-corrected chi connectivity index (χ3v) is 2.98. The highest BCUT2D eigenvalue weighted by atomic mass is 19.1. The molecule has 20 heavy (non-hydrogen) atoms. The van der Waals surface area contributed by atoms with E-state index < -0.39 is 0 Å². The van der Waals surface area contributed by atoms with Gasteiger partial charge in [0, 0.05) is 18.0 Å². The predicted molar refractivity (Wildman–Crippen MR) is 75.4 cm³/mol. The monoisotopic (exact) mass is 265 g/mol. The molecule has 0 radical (unpaired) electrons. The molecule has 2 aromatic heterocycles. The van der Waals surface area contributed by atoms with Crippen molar-refractivity contribution in [1.29, 1.82) is 0 Å². The van der Waals surface area contributed by atoms with Gasteiger partial charge < -0.3 is 0 Å². The zero-order valence-electron chi connectivity index (χ0n) is 10.9. The van der Waals surface area contributed by atoms with Crippen LogP contribution in [0.3, 0.4) is 0 Å². The Hall–Kier alpha value is -2.62. The normalized spacial score (nSPS) is 10.5. The molecule has 0 saturated carbocycles. The van der Waals surface area contributed by atoms with Crippen molar-refractivity contribution in [2.75, 3.05) is 0 Å². The quantitative estimate of drug-likeness (QED) is 0.710. The van der Waals surface area contributed by atoms with Gasteiger partial charge in [-0.15, -0.1) is 0 Å². The molecule has 0 bridgehead atoms. The second-order valence-electron chi connectivity index (χ2n) is 4.45. The Balaban J connectivity index is 2.10. The van der Waals surface area contributed by atoms with Crippen LogP contribution in [0.5, 0.6) is 0 Å². The highest BCUT2D eigenvalue weighted by molar-refractivity contribution is 5.65. The van der Waals surface area contributed by atoms with Gasteiger partial charge >= 0.3 is 0 Å². The maximum absolute atomic E-state index is 13.0. The van der Waals surface area contributed by atoms with Gasteiger partial charge in [-0.3, -0.25) is 4.98 Å². The van der Waals surface area contributed by atoms with E-state index in [1.165, 1.54) is 12.1 Å². The molecule has 0 unspecified atom stereocenters. The molecular weight excluding hydrogens is 253 g/mol. The van der Waals surface area contributed by atoms with Crippen molar-refractivity contribution in [2.24, 2.45) is 0 Å². The van der Waals surface area contributed by atoms with Gasteiger partial charge in [-0.25, -0.2) is 14.4 Å². The van der Waals surface area contributed by atoms with Crippen LogP contribution in [-0.4, -0.2) is 15.0 Å². The predicted octanol–water partition coefficient (Wildman–Crippen LogP) is 3.65. The zero-order valence-corrected chi connectivity index (χ0v) is 10.9. The van der Waals surface area contributed by atoms with E-state index in [4.69, 9.17) is 0 Å². The summed E-state index contributed by atoms with van der Waals surface area (Å²) in [4.78, 5) is 13.1. The van der Waals surface area contributed by atoms with Crippen molar-refractivity contribution >= 4 is 0 Å². The second kappa shape index (κ2) is 5.17. The van der Waals surface area contributed by atoms with Crippen LogP contribution in [0.2, 0.25) is 0 Å². The van der Waals surface area contributed by atoms with E-state index in [2.05, 4.69) is 15.0 Å². The fourth-order valence-corrected chi connectivity index (χ4v) is 1.96. The first kappa shape index (κ1) is 12.4. The summed E-state index contributed by atoms with van der Waals surface area (Å²) in [7, 11) is 0. The van der Waals surface area contributed by atoms with E-state index in [1.54, 1.807) is 24.5 Å². The molecule has 3 rings (SSSR count). The summed E-state index contributed by atoms with van der Waals surface area (Å²) < 4.78 is 13.0. The smallest absolute Gasteiger partial charge is 0.178 e. The lowest BCUT2D eigenvalue weighted by atomic mass is 10.1. The van der Waals surface area contributed by atoms with Crippen molar-refractivity contribution in [3.8, 4) is 22.8 Å². The molecule has 0 aliphatic rings. The molecule has 3 aromatic rings. The number of pyridine rings is 1. The third-order valence-electron chi connectivity index (χ3n) is 2.98. The Morgan fingerprint density at radius 3 is 2.45 bits per heavy atom. The fraction of sp³-hybridized carbons (Fsp3) is 0.0625. The summed E-state index contributed by atoms with van der Waals surface area (Å²) in [5.41, 5.74) is 3.32. The molecule has 0 saturated heterocycles. The summed E-state index contributed by atoms with van der Waals surface area (Å²) in [6, 6.07) is 11.9. The van der Waals surface area contributed by atoms with E-state index in [0.717, 1.165) is 22.5 Å². The first-order valence-electron chi connectivity index (χ1n) is 6.25. The molecule has 2 heterocycles. The Morgan fingerprint density at radius 2 is 1.75 bits per heavy atom. The Kier molecular flexibility index (Phi) is 3.21. The second-order valence-corrected chi connectivity index (χ2v) is 4.45. The van der Waals surface area contributed by atoms with Crippen molar-refractivity contribution < 1.29 is 4.39 Å². The van der Waals surface area contributed by atoms with E-state index in [-0.39, 0.29) is 5.82 Å². The largest absolute Gasteiger partial charge is 0.253 e. The fourth-order valence-electron chi connectivity index (χ4n) is 1.96. The van der Waals surface area contributed by atoms with E-state index >= 15 is 0 Å². The van der Waals surface area contributed by atoms with E-state index in [9.17, 15) is 4.39 Å². The number of aromatic nitrogens is 3. The van der Waals surface area contributed by atoms with Crippen LogP contribution in [0.25, 0.3) is 22.8 Å². The molecule has 4 heteroatoms. The standard InChI is InChI=1S/C16H12FN3/c1-11-10-19-16(14-4-2-3-9-18-14)20-15(11)12-5-7-13(17)8-6-12/h2-10H,1H3. The Labute approximate surface area is 116 Å². The first-order valence-corrected chi connectivity index (χ1v) is 6.25. The topological polar surface area (TPSA) is 38.7 Å². The number of nitrogens with zero attached hydrogens (tertiary/aromatic N) is 3. The SMILES string of the molecule is Cc1cnc(-c2ccccn2)nc1-c1ccc(F)cc1. The molecule has 98 valence electrons.